The van der Waals surface area contributed by atoms with E-state index in [0.717, 1.165) is 49.3 Å². The van der Waals surface area contributed by atoms with E-state index in [1.54, 1.807) is 19.2 Å². The van der Waals surface area contributed by atoms with E-state index in [1.165, 1.54) is 33.6 Å². The van der Waals surface area contributed by atoms with Gasteiger partial charge in [0.25, 0.3) is 10.0 Å². The maximum atomic E-state index is 13.0. The second-order valence-electron chi connectivity index (χ2n) is 15.9. The van der Waals surface area contributed by atoms with E-state index in [-0.39, 0.29) is 22.9 Å². The molecule has 294 valence electrons. The molecule has 1 fully saturated rings. The molecule has 1 spiro atoms. The first-order valence-corrected chi connectivity index (χ1v) is 21.4. The molecule has 1 unspecified atom stereocenters. The van der Waals surface area contributed by atoms with E-state index >= 15 is 0 Å². The van der Waals surface area contributed by atoms with Crippen molar-refractivity contribution in [1.82, 2.24) is 19.5 Å². The van der Waals surface area contributed by atoms with Gasteiger partial charge in [-0.25, -0.2) is 17.9 Å². The highest BCUT2D eigenvalue weighted by atomic mass is 35.5. The number of pyridine rings is 1. The molecule has 4 aromatic rings. The minimum atomic E-state index is -3.67. The van der Waals surface area contributed by atoms with Crippen molar-refractivity contribution in [3.63, 3.8) is 0 Å². The van der Waals surface area contributed by atoms with E-state index in [9.17, 15) is 18.3 Å². The van der Waals surface area contributed by atoms with Gasteiger partial charge >= 0.3 is 5.97 Å². The van der Waals surface area contributed by atoms with Crippen LogP contribution in [0.3, 0.4) is 0 Å². The van der Waals surface area contributed by atoms with Gasteiger partial charge in [-0.1, -0.05) is 37.6 Å². The summed E-state index contributed by atoms with van der Waals surface area (Å²) < 4.78 is 42.1. The summed E-state index contributed by atoms with van der Waals surface area (Å²) in [6, 6.07) is 17.0. The molecule has 1 saturated carbocycles. The molecule has 0 amide bonds. The molecule has 2 aromatic carbocycles. The fraction of sp³-hybridized carbons (Fsp3) is 0.500. The summed E-state index contributed by atoms with van der Waals surface area (Å²) >= 11 is 6.29. The SMILES string of the molecule is C[C@@H](COc1ccnc2c1[C@H](C)CCC2)CC1Cc2ccc(OCCCNS(=O)(=O)c3ccnn3C)cc2C12CCC(Nc1cccc(Cl)c1)(C(=O)O)CC2. The number of benzene rings is 2. The lowest BCUT2D eigenvalue weighted by atomic mass is 9.59. The number of hydrogen-bond donors (Lipinski definition) is 3. The predicted molar refractivity (Wildman–Crippen MR) is 213 cm³/mol. The molecule has 0 radical (unpaired) electrons. The van der Waals surface area contributed by atoms with Crippen molar-refractivity contribution in [2.45, 2.75) is 100.0 Å². The Morgan fingerprint density at radius 2 is 1.91 bits per heavy atom. The van der Waals surface area contributed by atoms with Crippen molar-refractivity contribution in [3.05, 3.63) is 94.4 Å². The molecule has 2 heterocycles. The minimum Gasteiger partial charge on any atom is -0.494 e. The second-order valence-corrected chi connectivity index (χ2v) is 18.1. The molecule has 3 aliphatic carbocycles. The van der Waals surface area contributed by atoms with Crippen LogP contribution in [-0.2, 0) is 40.1 Å². The Morgan fingerprint density at radius 3 is 2.65 bits per heavy atom. The lowest BCUT2D eigenvalue weighted by Gasteiger charge is -2.47. The van der Waals surface area contributed by atoms with Crippen LogP contribution in [0, 0.1) is 11.8 Å². The number of aryl methyl sites for hydroxylation is 2. The van der Waals surface area contributed by atoms with Gasteiger partial charge in [-0.3, -0.25) is 9.67 Å². The fourth-order valence-electron chi connectivity index (χ4n) is 9.33. The van der Waals surface area contributed by atoms with Crippen LogP contribution in [0.4, 0.5) is 5.69 Å². The van der Waals surface area contributed by atoms with Crippen LogP contribution in [0.1, 0.15) is 93.5 Å². The standard InChI is InChI=1S/C42H52ClN5O6S/c1-28(27-54-37-13-20-44-36-10-4-7-29(2)39(36)37)23-31-24-30-11-12-34(53-22-6-19-46-55(51,52)38-14-21-45-48(38)3)26-35(30)41(31)15-17-42(18-16-41,40(49)50)47-33-9-5-8-32(43)25-33/h5,8-9,11-14,20-21,25-26,28-29,31,46-47H,4,6-7,10,15-19,22-24,27H2,1-3H3,(H,49,50)/t28-,29-,31?,41?,42?/m1/s1. The summed E-state index contributed by atoms with van der Waals surface area (Å²) in [5.74, 6) is 1.82. The van der Waals surface area contributed by atoms with E-state index in [0.29, 0.717) is 67.9 Å². The highest BCUT2D eigenvalue weighted by Gasteiger charge is 2.54. The second kappa shape index (κ2) is 16.2. The summed E-state index contributed by atoms with van der Waals surface area (Å²) in [6.45, 7) is 5.68. The van der Waals surface area contributed by atoms with E-state index in [4.69, 9.17) is 21.1 Å². The van der Waals surface area contributed by atoms with Gasteiger partial charge in [0.15, 0.2) is 5.03 Å². The zero-order valence-corrected chi connectivity index (χ0v) is 33.5. The van der Waals surface area contributed by atoms with E-state index < -0.39 is 21.5 Å². The van der Waals surface area contributed by atoms with Gasteiger partial charge < -0.3 is 19.9 Å². The molecular weight excluding hydrogens is 738 g/mol. The number of hydrogen-bond acceptors (Lipinski definition) is 8. The average molecular weight is 790 g/mol. The van der Waals surface area contributed by atoms with Gasteiger partial charge in [0, 0.05) is 41.8 Å². The molecule has 55 heavy (non-hydrogen) atoms. The van der Waals surface area contributed by atoms with Crippen molar-refractivity contribution in [1.29, 1.82) is 0 Å². The molecule has 0 saturated heterocycles. The lowest BCUT2D eigenvalue weighted by Crippen LogP contribution is -2.53. The molecule has 3 aliphatic rings. The number of carboxylic acid groups (broad SMARTS) is 1. The number of anilines is 1. The molecule has 11 nitrogen and oxygen atoms in total. The molecule has 3 atom stereocenters. The van der Waals surface area contributed by atoms with Crippen LogP contribution in [0.25, 0.3) is 0 Å². The van der Waals surface area contributed by atoms with Crippen LogP contribution < -0.4 is 19.5 Å². The van der Waals surface area contributed by atoms with Crippen LogP contribution in [0.15, 0.2) is 72.0 Å². The van der Waals surface area contributed by atoms with Gasteiger partial charge in [-0.05, 0) is 141 Å². The maximum absolute atomic E-state index is 13.0. The number of sulfonamides is 1. The zero-order valence-electron chi connectivity index (χ0n) is 31.9. The van der Waals surface area contributed by atoms with Crippen molar-refractivity contribution in [3.8, 4) is 11.5 Å². The summed E-state index contributed by atoms with van der Waals surface area (Å²) in [5, 5.41) is 18.7. The number of carbonyl (C=O) groups is 1. The Bertz CT molecular complexity index is 2110. The van der Waals surface area contributed by atoms with Crippen LogP contribution >= 0.6 is 11.6 Å². The number of fused-ring (bicyclic) bond motifs is 3. The zero-order chi connectivity index (χ0) is 38.8. The quantitative estimate of drug-likeness (QED) is 0.103. The lowest BCUT2D eigenvalue weighted by molar-refractivity contribution is -0.144. The largest absolute Gasteiger partial charge is 0.494 e. The molecule has 0 bridgehead atoms. The van der Waals surface area contributed by atoms with Crippen molar-refractivity contribution in [2.75, 3.05) is 25.1 Å². The third-order valence-corrected chi connectivity index (χ3v) is 14.0. The Morgan fingerprint density at radius 1 is 1.09 bits per heavy atom. The molecule has 0 aliphatic heterocycles. The molecule has 7 rings (SSSR count). The van der Waals surface area contributed by atoms with Crippen LogP contribution in [0.5, 0.6) is 11.5 Å². The number of aromatic nitrogens is 3. The number of ether oxygens (including phenoxy) is 2. The van der Waals surface area contributed by atoms with Gasteiger partial charge in [0.05, 0.1) is 19.4 Å². The number of carboxylic acids is 1. The average Bonchev–Trinajstić information content (AvgIpc) is 3.72. The third-order valence-electron chi connectivity index (χ3n) is 12.2. The fourth-order valence-corrected chi connectivity index (χ4v) is 10.7. The predicted octanol–water partition coefficient (Wildman–Crippen LogP) is 7.68. The smallest absolute Gasteiger partial charge is 0.329 e. The highest BCUT2D eigenvalue weighted by molar-refractivity contribution is 7.89. The van der Waals surface area contributed by atoms with Gasteiger partial charge in [0.1, 0.15) is 17.0 Å². The van der Waals surface area contributed by atoms with Crippen LogP contribution in [-0.4, -0.2) is 59.6 Å². The van der Waals surface area contributed by atoms with Crippen molar-refractivity contribution >= 4 is 33.3 Å². The van der Waals surface area contributed by atoms with E-state index in [1.807, 2.05) is 30.5 Å². The molecule has 13 heteroatoms. The Labute approximate surface area is 329 Å². The van der Waals surface area contributed by atoms with E-state index in [2.05, 4.69) is 46.1 Å². The van der Waals surface area contributed by atoms with Crippen LogP contribution in [0.2, 0.25) is 5.02 Å². The van der Waals surface area contributed by atoms with Gasteiger partial charge in [-0.15, -0.1) is 0 Å². The number of rotatable bonds is 15. The number of aliphatic carboxylic acids is 1. The third kappa shape index (κ3) is 8.23. The molecular formula is C42H52ClN5O6S. The first-order chi connectivity index (χ1) is 26.4. The van der Waals surface area contributed by atoms with Gasteiger partial charge in [-0.2, -0.15) is 5.10 Å². The first-order valence-electron chi connectivity index (χ1n) is 19.5. The van der Waals surface area contributed by atoms with Crippen molar-refractivity contribution in [2.24, 2.45) is 18.9 Å². The Balaban J connectivity index is 1.07. The van der Waals surface area contributed by atoms with Crippen molar-refractivity contribution < 1.29 is 27.8 Å². The number of nitrogens with one attached hydrogen (secondary N) is 2. The summed E-state index contributed by atoms with van der Waals surface area (Å²) in [5.41, 5.74) is 4.27. The highest BCUT2D eigenvalue weighted by Crippen LogP contribution is 2.57. The first kappa shape index (κ1) is 39.1. The Kier molecular flexibility index (Phi) is 11.5. The molecule has 3 N–H and O–H groups in total. The Hall–Kier alpha value is -4.13. The number of nitrogens with zero attached hydrogens (tertiary/aromatic N) is 3. The number of halogens is 1. The minimum absolute atomic E-state index is 0.112. The summed E-state index contributed by atoms with van der Waals surface area (Å²) in [4.78, 5) is 17.7. The summed E-state index contributed by atoms with van der Waals surface area (Å²) in [6.07, 6.45) is 11.3. The maximum Gasteiger partial charge on any atom is 0.329 e. The normalized spacial score (nSPS) is 23.9. The monoisotopic (exact) mass is 789 g/mol. The topological polar surface area (TPSA) is 145 Å². The summed E-state index contributed by atoms with van der Waals surface area (Å²) in [7, 11) is -2.08. The van der Waals surface area contributed by atoms with Gasteiger partial charge in [0.2, 0.25) is 0 Å². The molecule has 2 aromatic heterocycles.